The summed E-state index contributed by atoms with van der Waals surface area (Å²) in [6.07, 6.45) is 6.94. The van der Waals surface area contributed by atoms with Crippen molar-refractivity contribution in [2.45, 2.75) is 9.79 Å². The zero-order valence-electron chi connectivity index (χ0n) is 18.9. The summed E-state index contributed by atoms with van der Waals surface area (Å²) in [6.45, 7) is 0. The maximum atomic E-state index is 12.3. The molecule has 0 saturated heterocycles. The van der Waals surface area contributed by atoms with Crippen molar-refractivity contribution in [2.24, 2.45) is 0 Å². The summed E-state index contributed by atoms with van der Waals surface area (Å²) in [7, 11) is -8.94. The molecule has 0 amide bonds. The number of hydrogen-bond acceptors (Lipinski definition) is 4. The van der Waals surface area contributed by atoms with Gasteiger partial charge in [0, 0.05) is 5.56 Å². The van der Waals surface area contributed by atoms with E-state index < -0.39 is 20.2 Å². The summed E-state index contributed by atoms with van der Waals surface area (Å²) in [5, 5.41) is 0. The van der Waals surface area contributed by atoms with Crippen molar-refractivity contribution in [3.05, 3.63) is 119 Å². The van der Waals surface area contributed by atoms with E-state index in [9.17, 15) is 25.9 Å². The minimum absolute atomic E-state index is 0. The molecule has 0 radical (unpaired) electrons. The first-order valence-corrected chi connectivity index (χ1v) is 13.7. The van der Waals surface area contributed by atoms with Gasteiger partial charge in [-0.25, -0.2) is 0 Å². The number of benzene rings is 4. The van der Waals surface area contributed by atoms with Gasteiger partial charge in [-0.3, -0.25) is 9.11 Å². The van der Waals surface area contributed by atoms with Crippen LogP contribution in [-0.4, -0.2) is 55.5 Å². The zero-order chi connectivity index (χ0) is 25.8. The Morgan fingerprint density at radius 3 is 1.46 bits per heavy atom. The number of hydrogen-bond donors (Lipinski definition) is 2. The van der Waals surface area contributed by atoms with E-state index in [1.807, 2.05) is 66.7 Å². The summed E-state index contributed by atoms with van der Waals surface area (Å²) >= 11 is 0. The molecule has 0 heterocycles. The average Bonchev–Trinajstić information content (AvgIpc) is 2.86. The molecule has 0 fully saturated rings. The van der Waals surface area contributed by atoms with E-state index in [-0.39, 0.29) is 44.9 Å². The predicted octanol–water partition coefficient (Wildman–Crippen LogP) is 5.54. The molecule has 6 nitrogen and oxygen atoms in total. The Bertz CT molecular complexity index is 1650. The topological polar surface area (TPSA) is 109 Å². The fourth-order valence-corrected chi connectivity index (χ4v) is 4.91. The molecule has 0 unspecified atom stereocenters. The van der Waals surface area contributed by atoms with E-state index in [1.54, 1.807) is 24.3 Å². The summed E-state index contributed by atoms with van der Waals surface area (Å²) < 4.78 is 66.9. The Balaban J connectivity index is 0.00000380. The van der Waals surface area contributed by atoms with Crippen LogP contribution in [0.15, 0.2) is 107 Å². The van der Waals surface area contributed by atoms with Crippen LogP contribution in [0, 0.1) is 0 Å². The second-order valence-corrected chi connectivity index (χ2v) is 10.7. The third-order valence-corrected chi connectivity index (χ3v) is 7.25. The monoisotopic (exact) mass is 542 g/mol. The Morgan fingerprint density at radius 2 is 1.00 bits per heavy atom. The quantitative estimate of drug-likeness (QED) is 0.180. The zero-order valence-corrected chi connectivity index (χ0v) is 20.5. The van der Waals surface area contributed by atoms with Crippen LogP contribution in [0.1, 0.15) is 22.3 Å². The van der Waals surface area contributed by atoms with Crippen molar-refractivity contribution < 1.29 is 25.9 Å². The first-order valence-electron chi connectivity index (χ1n) is 10.8. The van der Waals surface area contributed by atoms with E-state index in [4.69, 9.17) is 0 Å². The Kier molecular flexibility index (Phi) is 9.44. The van der Waals surface area contributed by atoms with Gasteiger partial charge in [0.05, 0.1) is 4.90 Å². The van der Waals surface area contributed by atoms with Gasteiger partial charge in [0.1, 0.15) is 4.90 Å². The summed E-state index contributed by atoms with van der Waals surface area (Å²) in [4.78, 5) is -0.521. The second-order valence-electron chi connectivity index (χ2n) is 7.90. The van der Waals surface area contributed by atoms with Crippen molar-refractivity contribution in [1.82, 2.24) is 0 Å². The molecule has 0 aliphatic rings. The van der Waals surface area contributed by atoms with Gasteiger partial charge in [0.25, 0.3) is 20.2 Å². The van der Waals surface area contributed by atoms with Crippen LogP contribution in [0.4, 0.5) is 0 Å². The van der Waals surface area contributed by atoms with Crippen LogP contribution in [0.25, 0.3) is 35.4 Å². The Morgan fingerprint density at radius 1 is 0.514 bits per heavy atom. The molecule has 9 heteroatoms. The van der Waals surface area contributed by atoms with Gasteiger partial charge in [-0.2, -0.15) is 16.8 Å². The van der Waals surface area contributed by atoms with Gasteiger partial charge in [0.15, 0.2) is 0 Å². The van der Waals surface area contributed by atoms with Crippen molar-refractivity contribution in [3.8, 4) is 11.1 Å². The molecule has 37 heavy (non-hydrogen) atoms. The van der Waals surface area contributed by atoms with Crippen molar-refractivity contribution >= 4 is 74.1 Å². The molecule has 0 aliphatic heterocycles. The van der Waals surface area contributed by atoms with Gasteiger partial charge in [-0.1, -0.05) is 103 Å². The maximum absolute atomic E-state index is 12.3. The van der Waals surface area contributed by atoms with Gasteiger partial charge in [-0.05, 0) is 46.0 Å². The van der Waals surface area contributed by atoms with E-state index >= 15 is 0 Å². The molecule has 0 spiro atoms. The molecule has 0 atom stereocenters. The molecular formula is C28H23NaO6S2. The first kappa shape index (κ1) is 28.7. The van der Waals surface area contributed by atoms with Gasteiger partial charge < -0.3 is 0 Å². The molecule has 4 rings (SSSR count). The predicted molar refractivity (Wildman–Crippen MR) is 149 cm³/mol. The Labute approximate surface area is 238 Å². The molecular weight excluding hydrogens is 519 g/mol. The molecule has 0 aromatic heterocycles. The van der Waals surface area contributed by atoms with Gasteiger partial charge in [-0.15, -0.1) is 0 Å². The molecule has 0 bridgehead atoms. The van der Waals surface area contributed by atoms with E-state index in [0.717, 1.165) is 11.1 Å². The third-order valence-electron chi connectivity index (χ3n) is 5.47. The fourth-order valence-electron chi connectivity index (χ4n) is 3.74. The summed E-state index contributed by atoms with van der Waals surface area (Å²) in [5.74, 6) is 0. The van der Waals surface area contributed by atoms with Crippen LogP contribution >= 0.6 is 0 Å². The molecule has 0 saturated carbocycles. The van der Waals surface area contributed by atoms with Gasteiger partial charge in [0.2, 0.25) is 0 Å². The minimum atomic E-state index is -4.57. The van der Waals surface area contributed by atoms with Crippen LogP contribution in [0.3, 0.4) is 0 Å². The average molecular weight is 543 g/mol. The van der Waals surface area contributed by atoms with Crippen molar-refractivity contribution in [2.75, 3.05) is 0 Å². The fraction of sp³-hybridized carbons (Fsp3) is 0. The SMILES string of the molecule is O=S(=O)(O)c1ccc(-c2ccc(S(=O)(=O)O)c(C=Cc3ccccc3)c2C=Cc2ccccc2)cc1.[NaH]. The first-order chi connectivity index (χ1) is 17.1. The Hall–Kier alpha value is -2.82. The molecule has 4 aromatic rings. The van der Waals surface area contributed by atoms with Gasteiger partial charge >= 0.3 is 29.6 Å². The molecule has 184 valence electrons. The van der Waals surface area contributed by atoms with E-state index in [0.29, 0.717) is 16.7 Å². The summed E-state index contributed by atoms with van der Waals surface area (Å²) in [5.41, 5.74) is 3.67. The second kappa shape index (κ2) is 12.1. The van der Waals surface area contributed by atoms with Crippen molar-refractivity contribution in [1.29, 1.82) is 0 Å². The van der Waals surface area contributed by atoms with E-state index in [2.05, 4.69) is 0 Å². The van der Waals surface area contributed by atoms with Crippen LogP contribution < -0.4 is 0 Å². The van der Waals surface area contributed by atoms with E-state index in [1.165, 1.54) is 30.3 Å². The van der Waals surface area contributed by atoms with Crippen LogP contribution in [0.5, 0.6) is 0 Å². The number of rotatable bonds is 7. The van der Waals surface area contributed by atoms with Crippen LogP contribution in [0.2, 0.25) is 0 Å². The summed E-state index contributed by atoms with van der Waals surface area (Å²) in [6, 6.07) is 27.2. The third kappa shape index (κ3) is 7.37. The van der Waals surface area contributed by atoms with Crippen LogP contribution in [-0.2, 0) is 20.2 Å². The molecule has 2 N–H and O–H groups in total. The van der Waals surface area contributed by atoms with Crippen molar-refractivity contribution in [3.63, 3.8) is 0 Å². The standard InChI is InChI=1S/C28H22O6S2.Na.H/c29-35(30,31)24-15-13-23(14-16-24)25-19-20-28(36(32,33)34)27(18-12-22-9-5-2-6-10-22)26(25)17-11-21-7-3-1-4-8-21;;/h1-20H,(H,29,30,31)(H,32,33,34);;. The normalized spacial score (nSPS) is 12.1. The molecule has 0 aliphatic carbocycles. The molecule has 4 aromatic carbocycles.